The van der Waals surface area contributed by atoms with E-state index < -0.39 is 0 Å². The van der Waals surface area contributed by atoms with E-state index in [1.807, 2.05) is 0 Å². The number of hydrogen-bond acceptors (Lipinski definition) is 0. The van der Waals surface area contributed by atoms with Gasteiger partial charge in [0, 0.05) is 5.92 Å². The third-order valence-electron chi connectivity index (χ3n) is 5.31. The highest BCUT2D eigenvalue weighted by Crippen LogP contribution is 2.49. The van der Waals surface area contributed by atoms with E-state index in [0.717, 1.165) is 0 Å². The average Bonchev–Trinajstić information content (AvgIpc) is 2.84. The highest BCUT2D eigenvalue weighted by Gasteiger charge is 2.32. The van der Waals surface area contributed by atoms with Gasteiger partial charge in [0.2, 0.25) is 0 Å². The molecule has 1 aromatic carbocycles. The Balaban J connectivity index is 2.57. The summed E-state index contributed by atoms with van der Waals surface area (Å²) in [6.45, 7) is 11.5. The Morgan fingerprint density at radius 3 is 1.83 bits per heavy atom. The molecule has 0 fully saturated rings. The van der Waals surface area contributed by atoms with Gasteiger partial charge in [0.15, 0.2) is 0 Å². The number of aryl methyl sites for hydroxylation is 1. The third kappa shape index (κ3) is 4.02. The second-order valence-corrected chi connectivity index (χ2v) is 7.35. The molecule has 0 nitrogen and oxygen atoms in total. The first-order valence-corrected chi connectivity index (χ1v) is 10.2. The van der Waals surface area contributed by atoms with E-state index in [2.05, 4.69) is 58.9 Å². The van der Waals surface area contributed by atoms with Crippen LogP contribution in [0.4, 0.5) is 0 Å². The predicted octanol–water partition coefficient (Wildman–Crippen LogP) is 7.88. The van der Waals surface area contributed by atoms with E-state index in [-0.39, 0.29) is 0 Å². The van der Waals surface area contributed by atoms with Gasteiger partial charge < -0.3 is 0 Å². The molecule has 2 rings (SSSR count). The van der Waals surface area contributed by atoms with Gasteiger partial charge in [-0.15, -0.1) is 0 Å². The topological polar surface area (TPSA) is 0 Å². The van der Waals surface area contributed by atoms with E-state index in [0.29, 0.717) is 5.92 Å². The Bertz CT molecular complexity index is 583. The van der Waals surface area contributed by atoms with Crippen LogP contribution in [0.3, 0.4) is 0 Å². The fourth-order valence-electron chi connectivity index (χ4n) is 4.36. The molecule has 0 heteroatoms. The van der Waals surface area contributed by atoms with Crippen LogP contribution in [0.1, 0.15) is 90.2 Å². The van der Waals surface area contributed by atoms with Gasteiger partial charge in [-0.2, -0.15) is 0 Å². The maximum absolute atomic E-state index is 2.36. The normalized spacial score (nSPS) is 18.0. The van der Waals surface area contributed by atoms with Crippen LogP contribution in [0, 0.1) is 12.8 Å². The van der Waals surface area contributed by atoms with Crippen molar-refractivity contribution in [2.24, 2.45) is 5.92 Å². The first-order valence-electron chi connectivity index (χ1n) is 10.2. The van der Waals surface area contributed by atoms with Crippen molar-refractivity contribution in [3.05, 3.63) is 52.1 Å². The highest BCUT2D eigenvalue weighted by atomic mass is 14.4. The van der Waals surface area contributed by atoms with Crippen LogP contribution in [0.5, 0.6) is 0 Å². The Hall–Kier alpha value is -1.30. The smallest absolute Gasteiger partial charge is 0.00627 e. The zero-order valence-electron chi connectivity index (χ0n) is 16.5. The average molecular weight is 325 g/mol. The molecule has 132 valence electrons. The fourth-order valence-corrected chi connectivity index (χ4v) is 4.36. The summed E-state index contributed by atoms with van der Waals surface area (Å²) in [6.07, 6.45) is 10.1. The van der Waals surface area contributed by atoms with E-state index in [1.165, 1.54) is 62.5 Å². The van der Waals surface area contributed by atoms with Crippen LogP contribution in [0.15, 0.2) is 41.0 Å². The molecule has 1 atom stereocenters. The van der Waals surface area contributed by atoms with Crippen molar-refractivity contribution in [1.82, 2.24) is 0 Å². The molecule has 0 saturated heterocycles. The molecule has 0 aromatic heterocycles. The predicted molar refractivity (Wildman–Crippen MR) is 108 cm³/mol. The van der Waals surface area contributed by atoms with Crippen molar-refractivity contribution in [2.75, 3.05) is 0 Å². The molecular formula is C24H36. The van der Waals surface area contributed by atoms with Gasteiger partial charge in [-0.3, -0.25) is 0 Å². The molecule has 0 spiro atoms. The van der Waals surface area contributed by atoms with E-state index in [1.54, 1.807) is 22.3 Å². The minimum absolute atomic E-state index is 0.667. The Morgan fingerprint density at radius 2 is 1.29 bits per heavy atom. The lowest BCUT2D eigenvalue weighted by Gasteiger charge is -2.20. The zero-order chi connectivity index (χ0) is 17.5. The maximum atomic E-state index is 2.36. The minimum Gasteiger partial charge on any atom is -0.0653 e. The van der Waals surface area contributed by atoms with Crippen LogP contribution in [0.25, 0.3) is 5.57 Å². The fraction of sp³-hybridized carbons (Fsp3) is 0.583. The van der Waals surface area contributed by atoms with E-state index in [9.17, 15) is 0 Å². The summed E-state index contributed by atoms with van der Waals surface area (Å²) in [5.41, 5.74) is 9.71. The first kappa shape index (κ1) is 19.0. The first-order chi connectivity index (χ1) is 11.7. The molecule has 0 aliphatic heterocycles. The minimum atomic E-state index is 0.667. The lowest BCUT2D eigenvalue weighted by atomic mass is 9.84. The number of hydrogen-bond donors (Lipinski definition) is 0. The van der Waals surface area contributed by atoms with Crippen molar-refractivity contribution in [3.63, 3.8) is 0 Å². The van der Waals surface area contributed by atoms with Crippen LogP contribution < -0.4 is 0 Å². The number of rotatable bonds is 9. The van der Waals surface area contributed by atoms with Gasteiger partial charge >= 0.3 is 0 Å². The van der Waals surface area contributed by atoms with Gasteiger partial charge in [0.05, 0.1) is 0 Å². The molecular weight excluding hydrogens is 288 g/mol. The largest absolute Gasteiger partial charge is 0.0653 e. The van der Waals surface area contributed by atoms with Crippen molar-refractivity contribution in [1.29, 1.82) is 0 Å². The Morgan fingerprint density at radius 1 is 0.708 bits per heavy atom. The molecule has 1 aliphatic rings. The van der Waals surface area contributed by atoms with Gasteiger partial charge in [0.1, 0.15) is 0 Å². The highest BCUT2D eigenvalue weighted by molar-refractivity contribution is 5.80. The van der Waals surface area contributed by atoms with Gasteiger partial charge in [0.25, 0.3) is 0 Å². The molecule has 0 bridgehead atoms. The van der Waals surface area contributed by atoms with Crippen molar-refractivity contribution in [2.45, 2.75) is 86.0 Å². The summed E-state index contributed by atoms with van der Waals surface area (Å²) < 4.78 is 0. The number of allylic oxidation sites excluding steroid dienone is 4. The molecule has 0 N–H and O–H groups in total. The lowest BCUT2D eigenvalue weighted by molar-refractivity contribution is 0.641. The Kier molecular flexibility index (Phi) is 7.34. The van der Waals surface area contributed by atoms with Gasteiger partial charge in [-0.1, -0.05) is 88.8 Å². The zero-order valence-corrected chi connectivity index (χ0v) is 16.5. The molecule has 1 aliphatic carbocycles. The molecule has 0 saturated carbocycles. The second-order valence-electron chi connectivity index (χ2n) is 7.35. The molecule has 1 aromatic rings. The standard InChI is InChI=1S/C24H36/c1-6-10-20-21(11-7-2)23(13-9-4)24(22(20)12-8-3)19-16-14-18(5)15-17-19/h14-17,22H,6-13H2,1-5H3. The van der Waals surface area contributed by atoms with Crippen molar-refractivity contribution >= 4 is 5.57 Å². The summed E-state index contributed by atoms with van der Waals surface area (Å²) in [6, 6.07) is 9.29. The summed E-state index contributed by atoms with van der Waals surface area (Å²) >= 11 is 0. The summed E-state index contributed by atoms with van der Waals surface area (Å²) in [5, 5.41) is 0. The van der Waals surface area contributed by atoms with Crippen molar-refractivity contribution < 1.29 is 0 Å². The summed E-state index contributed by atoms with van der Waals surface area (Å²) in [5.74, 6) is 0.667. The van der Waals surface area contributed by atoms with Crippen molar-refractivity contribution in [3.8, 4) is 0 Å². The molecule has 0 amide bonds. The molecule has 1 unspecified atom stereocenters. The van der Waals surface area contributed by atoms with Gasteiger partial charge in [-0.25, -0.2) is 0 Å². The molecule has 24 heavy (non-hydrogen) atoms. The van der Waals surface area contributed by atoms with Crippen LogP contribution in [0.2, 0.25) is 0 Å². The molecule has 0 heterocycles. The van der Waals surface area contributed by atoms with Crippen LogP contribution in [-0.4, -0.2) is 0 Å². The van der Waals surface area contributed by atoms with E-state index >= 15 is 0 Å². The quantitative estimate of drug-likeness (QED) is 0.433. The van der Waals surface area contributed by atoms with Gasteiger partial charge in [-0.05, 0) is 54.9 Å². The summed E-state index contributed by atoms with van der Waals surface area (Å²) in [7, 11) is 0. The lowest BCUT2D eigenvalue weighted by Crippen LogP contribution is -2.05. The van der Waals surface area contributed by atoms with E-state index in [4.69, 9.17) is 0 Å². The monoisotopic (exact) mass is 324 g/mol. The van der Waals surface area contributed by atoms with Crippen LogP contribution >= 0.6 is 0 Å². The Labute approximate surface area is 150 Å². The third-order valence-corrected chi connectivity index (χ3v) is 5.31. The number of benzene rings is 1. The van der Waals surface area contributed by atoms with Crippen LogP contribution in [-0.2, 0) is 0 Å². The summed E-state index contributed by atoms with van der Waals surface area (Å²) in [4.78, 5) is 0. The maximum Gasteiger partial charge on any atom is 0.00627 e. The second kappa shape index (κ2) is 9.25. The molecule has 0 radical (unpaired) electrons. The SMILES string of the molecule is CCCC1=C(CCC)C(CCC)C(c2ccc(C)cc2)=C1CCC.